The number of anilines is 1. The molecule has 1 aliphatic carbocycles. The fourth-order valence-electron chi connectivity index (χ4n) is 4.58. The number of benzene rings is 1. The Kier molecular flexibility index (Phi) is 9.51. The average molecular weight is 472 g/mol. The van der Waals surface area contributed by atoms with E-state index in [0.29, 0.717) is 29.1 Å². The number of rotatable bonds is 10. The van der Waals surface area contributed by atoms with Crippen LogP contribution in [0.25, 0.3) is 0 Å². The second-order valence-electron chi connectivity index (χ2n) is 8.97. The first-order valence-corrected chi connectivity index (χ1v) is 12.3. The van der Waals surface area contributed by atoms with Gasteiger partial charge in [0.1, 0.15) is 6.61 Å². The van der Waals surface area contributed by atoms with Crippen LogP contribution in [0.1, 0.15) is 70.4 Å². The van der Waals surface area contributed by atoms with Crippen molar-refractivity contribution < 1.29 is 23.9 Å². The van der Waals surface area contributed by atoms with E-state index >= 15 is 0 Å². The minimum absolute atomic E-state index is 0.0289. The van der Waals surface area contributed by atoms with Crippen molar-refractivity contribution >= 4 is 23.6 Å². The summed E-state index contributed by atoms with van der Waals surface area (Å²) in [6, 6.07) is 6.40. The normalized spacial score (nSPS) is 19.1. The largest absolute Gasteiger partial charge is 0.460 e. The maximum atomic E-state index is 13.1. The van der Waals surface area contributed by atoms with Crippen molar-refractivity contribution in [2.24, 2.45) is 5.92 Å². The first kappa shape index (κ1) is 25.7. The fraction of sp³-hybridized carbons (Fsp3) is 0.577. The quantitative estimate of drug-likeness (QED) is 0.386. The molecule has 2 aliphatic rings. The van der Waals surface area contributed by atoms with Gasteiger partial charge in [0.25, 0.3) is 0 Å². The molecule has 1 aliphatic heterocycles. The maximum Gasteiger partial charge on any atom is 0.338 e. The SMILES string of the molecule is CCCCN1C(=O)NC(c2cccc(NC(=O)C3CCCCC3)c2)C(C(=O)OCCOC)=C1C. The number of hydrogen-bond donors (Lipinski definition) is 2. The zero-order chi connectivity index (χ0) is 24.5. The van der Waals surface area contributed by atoms with Gasteiger partial charge in [-0.05, 0) is 43.9 Å². The second kappa shape index (κ2) is 12.6. The standard InChI is InChI=1S/C26H37N3O5/c1-4-5-14-29-18(2)22(25(31)34-16-15-33-3)23(28-26(29)32)20-12-9-13-21(17-20)27-24(30)19-10-7-6-8-11-19/h9,12-13,17,19,23H,4-8,10-11,14-16H2,1-3H3,(H,27,30)(H,28,32). The van der Waals surface area contributed by atoms with Crippen molar-refractivity contribution in [3.05, 3.63) is 41.1 Å². The maximum absolute atomic E-state index is 13.1. The van der Waals surface area contributed by atoms with Crippen LogP contribution in [0.4, 0.5) is 10.5 Å². The topological polar surface area (TPSA) is 97.0 Å². The van der Waals surface area contributed by atoms with E-state index in [0.717, 1.165) is 38.5 Å². The van der Waals surface area contributed by atoms with E-state index in [4.69, 9.17) is 9.47 Å². The van der Waals surface area contributed by atoms with Gasteiger partial charge < -0.3 is 20.1 Å². The van der Waals surface area contributed by atoms with Crippen molar-refractivity contribution in [1.82, 2.24) is 10.2 Å². The molecule has 1 unspecified atom stereocenters. The molecule has 0 aromatic heterocycles. The third-order valence-corrected chi connectivity index (χ3v) is 6.54. The predicted molar refractivity (Wildman–Crippen MR) is 130 cm³/mol. The summed E-state index contributed by atoms with van der Waals surface area (Å²) in [5.74, 6) is -0.425. The number of nitrogens with one attached hydrogen (secondary N) is 2. The van der Waals surface area contributed by atoms with Crippen LogP contribution in [0.5, 0.6) is 0 Å². The highest BCUT2D eigenvalue weighted by Crippen LogP contribution is 2.33. The average Bonchev–Trinajstić information content (AvgIpc) is 2.84. The zero-order valence-electron chi connectivity index (χ0n) is 20.5. The molecule has 0 saturated heterocycles. The van der Waals surface area contributed by atoms with Gasteiger partial charge in [-0.1, -0.05) is 44.7 Å². The summed E-state index contributed by atoms with van der Waals surface area (Å²) in [5.41, 5.74) is 2.34. The summed E-state index contributed by atoms with van der Waals surface area (Å²) in [5, 5.41) is 6.00. The van der Waals surface area contributed by atoms with Crippen LogP contribution in [0.15, 0.2) is 35.5 Å². The molecule has 8 heteroatoms. The van der Waals surface area contributed by atoms with Gasteiger partial charge in [0.15, 0.2) is 0 Å². The number of esters is 1. The van der Waals surface area contributed by atoms with Gasteiger partial charge >= 0.3 is 12.0 Å². The lowest BCUT2D eigenvalue weighted by Gasteiger charge is -2.35. The van der Waals surface area contributed by atoms with Crippen LogP contribution in [0, 0.1) is 5.92 Å². The molecule has 34 heavy (non-hydrogen) atoms. The van der Waals surface area contributed by atoms with Crippen molar-refractivity contribution in [2.45, 2.75) is 64.8 Å². The number of carbonyl (C=O) groups excluding carboxylic acids is 3. The molecule has 2 N–H and O–H groups in total. The van der Waals surface area contributed by atoms with Crippen LogP contribution in [0.2, 0.25) is 0 Å². The molecule has 1 atom stereocenters. The van der Waals surface area contributed by atoms with E-state index in [-0.39, 0.29) is 31.1 Å². The minimum atomic E-state index is -0.674. The number of allylic oxidation sites excluding steroid dienone is 1. The highest BCUT2D eigenvalue weighted by molar-refractivity contribution is 5.95. The van der Waals surface area contributed by atoms with Crippen LogP contribution >= 0.6 is 0 Å². The summed E-state index contributed by atoms with van der Waals surface area (Å²) in [6.07, 6.45) is 6.93. The molecule has 3 rings (SSSR count). The Labute approximate surface area is 202 Å². The van der Waals surface area contributed by atoms with Gasteiger partial charge in [0.2, 0.25) is 5.91 Å². The van der Waals surface area contributed by atoms with Gasteiger partial charge in [-0.15, -0.1) is 0 Å². The van der Waals surface area contributed by atoms with Gasteiger partial charge in [-0.3, -0.25) is 9.69 Å². The Hall–Kier alpha value is -2.87. The monoisotopic (exact) mass is 471 g/mol. The lowest BCUT2D eigenvalue weighted by atomic mass is 9.88. The van der Waals surface area contributed by atoms with E-state index in [1.807, 2.05) is 24.3 Å². The fourth-order valence-corrected chi connectivity index (χ4v) is 4.58. The van der Waals surface area contributed by atoms with E-state index in [2.05, 4.69) is 17.6 Å². The molecule has 0 spiro atoms. The molecule has 1 fully saturated rings. The van der Waals surface area contributed by atoms with Crippen LogP contribution in [-0.4, -0.2) is 49.7 Å². The van der Waals surface area contributed by atoms with Crippen molar-refractivity contribution in [2.75, 3.05) is 32.2 Å². The number of ether oxygens (including phenoxy) is 2. The Bertz CT molecular complexity index is 907. The molecule has 1 aromatic rings. The Morgan fingerprint density at radius 1 is 1.18 bits per heavy atom. The molecule has 0 bridgehead atoms. The second-order valence-corrected chi connectivity index (χ2v) is 8.97. The predicted octanol–water partition coefficient (Wildman–Crippen LogP) is 4.54. The van der Waals surface area contributed by atoms with E-state index in [1.165, 1.54) is 6.42 Å². The lowest BCUT2D eigenvalue weighted by molar-refractivity contribution is -0.141. The summed E-state index contributed by atoms with van der Waals surface area (Å²) < 4.78 is 10.4. The molecule has 3 amide bonds. The zero-order valence-corrected chi connectivity index (χ0v) is 20.5. The van der Waals surface area contributed by atoms with Crippen molar-refractivity contribution in [3.63, 3.8) is 0 Å². The molecular formula is C26H37N3O5. The number of amides is 3. The minimum Gasteiger partial charge on any atom is -0.460 e. The van der Waals surface area contributed by atoms with E-state index in [1.54, 1.807) is 18.9 Å². The molecule has 186 valence electrons. The first-order chi connectivity index (χ1) is 16.5. The van der Waals surface area contributed by atoms with Crippen LogP contribution in [-0.2, 0) is 19.1 Å². The third-order valence-electron chi connectivity index (χ3n) is 6.54. The third kappa shape index (κ3) is 6.38. The molecule has 1 aromatic carbocycles. The number of methoxy groups -OCH3 is 1. The number of carbonyl (C=O) groups is 3. The molecule has 1 heterocycles. The van der Waals surface area contributed by atoms with Gasteiger partial charge in [-0.25, -0.2) is 9.59 Å². The molecule has 0 radical (unpaired) electrons. The molecule has 1 saturated carbocycles. The van der Waals surface area contributed by atoms with E-state index in [9.17, 15) is 14.4 Å². The van der Waals surface area contributed by atoms with Gasteiger partial charge in [0.05, 0.1) is 18.2 Å². The molecule has 8 nitrogen and oxygen atoms in total. The van der Waals surface area contributed by atoms with Crippen molar-refractivity contribution in [3.8, 4) is 0 Å². The number of unbranched alkanes of at least 4 members (excludes halogenated alkanes) is 1. The molecular weight excluding hydrogens is 434 g/mol. The summed E-state index contributed by atoms with van der Waals surface area (Å²) in [6.45, 7) is 4.77. The van der Waals surface area contributed by atoms with Crippen LogP contribution in [0.3, 0.4) is 0 Å². The summed E-state index contributed by atoms with van der Waals surface area (Å²) >= 11 is 0. The highest BCUT2D eigenvalue weighted by atomic mass is 16.6. The Morgan fingerprint density at radius 2 is 1.94 bits per heavy atom. The lowest BCUT2D eigenvalue weighted by Crippen LogP contribution is -2.48. The Morgan fingerprint density at radius 3 is 2.65 bits per heavy atom. The highest BCUT2D eigenvalue weighted by Gasteiger charge is 2.36. The van der Waals surface area contributed by atoms with Gasteiger partial charge in [0, 0.05) is 31.0 Å². The summed E-state index contributed by atoms with van der Waals surface area (Å²) in [7, 11) is 1.54. The van der Waals surface area contributed by atoms with Crippen LogP contribution < -0.4 is 10.6 Å². The number of urea groups is 1. The first-order valence-electron chi connectivity index (χ1n) is 12.3. The Balaban J connectivity index is 1.86. The van der Waals surface area contributed by atoms with Gasteiger partial charge in [-0.2, -0.15) is 0 Å². The van der Waals surface area contributed by atoms with E-state index < -0.39 is 12.0 Å². The van der Waals surface area contributed by atoms with Crippen molar-refractivity contribution in [1.29, 1.82) is 0 Å². The number of nitrogens with zero attached hydrogens (tertiary/aromatic N) is 1. The summed E-state index contributed by atoms with van der Waals surface area (Å²) in [4.78, 5) is 40.3. The smallest absolute Gasteiger partial charge is 0.338 e. The number of hydrogen-bond acceptors (Lipinski definition) is 5.